The normalized spacial score (nSPS) is 25.1. The molecule has 1 heterocycles. The number of rotatable bonds is 1. The molecule has 0 bridgehead atoms. The number of hydrogen-bond acceptors (Lipinski definition) is 1. The molecular weight excluding hydrogens is 203 g/mol. The first-order valence-electron chi connectivity index (χ1n) is 4.93. The lowest BCUT2D eigenvalue weighted by Crippen LogP contribution is -2.38. The number of piperidine rings is 1. The second-order valence-corrected chi connectivity index (χ2v) is 3.87. The largest absolute Gasteiger partial charge is 0.310 e. The van der Waals surface area contributed by atoms with E-state index in [1.54, 1.807) is 12.1 Å². The van der Waals surface area contributed by atoms with Crippen LogP contribution >= 0.6 is 0 Å². The van der Waals surface area contributed by atoms with Crippen molar-refractivity contribution in [2.75, 3.05) is 6.54 Å². The molecule has 0 radical (unpaired) electrons. The number of nitrogens with one attached hydrogen (secondary N) is 1. The van der Waals surface area contributed by atoms with Crippen LogP contribution in [0.2, 0.25) is 0 Å². The lowest BCUT2D eigenvalue weighted by molar-refractivity contribution is -0.0415. The van der Waals surface area contributed by atoms with Crippen LogP contribution in [0.4, 0.5) is 13.2 Å². The van der Waals surface area contributed by atoms with Gasteiger partial charge in [0.25, 0.3) is 5.92 Å². The summed E-state index contributed by atoms with van der Waals surface area (Å²) in [6.45, 7) is 0.301. The molecule has 0 spiro atoms. The van der Waals surface area contributed by atoms with Gasteiger partial charge in [-0.05, 0) is 17.7 Å². The molecule has 4 heteroatoms. The van der Waals surface area contributed by atoms with Crippen LogP contribution in [0.3, 0.4) is 0 Å². The van der Waals surface area contributed by atoms with Crippen molar-refractivity contribution in [2.45, 2.75) is 24.8 Å². The summed E-state index contributed by atoms with van der Waals surface area (Å²) in [5.41, 5.74) is 0.718. The molecule has 1 aliphatic rings. The van der Waals surface area contributed by atoms with E-state index in [1.165, 1.54) is 12.1 Å². The van der Waals surface area contributed by atoms with Crippen LogP contribution in [0.25, 0.3) is 0 Å². The second-order valence-electron chi connectivity index (χ2n) is 3.87. The molecule has 0 aromatic heterocycles. The maximum Gasteiger partial charge on any atom is 0.251 e. The van der Waals surface area contributed by atoms with E-state index < -0.39 is 5.92 Å². The van der Waals surface area contributed by atoms with Gasteiger partial charge >= 0.3 is 0 Å². The first kappa shape index (κ1) is 10.5. The molecule has 0 saturated carbocycles. The van der Waals surface area contributed by atoms with Gasteiger partial charge in [-0.1, -0.05) is 12.1 Å². The molecule has 1 aromatic carbocycles. The Labute approximate surface area is 86.3 Å². The van der Waals surface area contributed by atoms with E-state index in [0.29, 0.717) is 6.54 Å². The van der Waals surface area contributed by atoms with Crippen molar-refractivity contribution in [3.8, 4) is 0 Å². The molecule has 1 nitrogen and oxygen atoms in total. The van der Waals surface area contributed by atoms with E-state index in [2.05, 4.69) is 5.32 Å². The summed E-state index contributed by atoms with van der Waals surface area (Å²) >= 11 is 0. The molecule has 2 rings (SSSR count). The summed E-state index contributed by atoms with van der Waals surface area (Å²) < 4.78 is 38.8. The van der Waals surface area contributed by atoms with Gasteiger partial charge in [0.15, 0.2) is 0 Å². The minimum Gasteiger partial charge on any atom is -0.310 e. The zero-order valence-corrected chi connectivity index (χ0v) is 8.14. The van der Waals surface area contributed by atoms with E-state index in [9.17, 15) is 13.2 Å². The minimum atomic E-state index is -2.61. The van der Waals surface area contributed by atoms with E-state index in [0.717, 1.165) is 5.56 Å². The predicted octanol–water partition coefficient (Wildman–Crippen LogP) is 2.89. The van der Waals surface area contributed by atoms with Crippen LogP contribution in [0.1, 0.15) is 24.4 Å². The van der Waals surface area contributed by atoms with Crippen molar-refractivity contribution >= 4 is 0 Å². The van der Waals surface area contributed by atoms with Crippen LogP contribution in [0.5, 0.6) is 0 Å². The molecule has 15 heavy (non-hydrogen) atoms. The van der Waals surface area contributed by atoms with Gasteiger partial charge in [-0.25, -0.2) is 13.2 Å². The van der Waals surface area contributed by atoms with E-state index >= 15 is 0 Å². The number of alkyl halides is 2. The molecule has 0 unspecified atom stereocenters. The van der Waals surface area contributed by atoms with Crippen molar-refractivity contribution < 1.29 is 13.2 Å². The first-order valence-corrected chi connectivity index (χ1v) is 4.93. The number of hydrogen-bond donors (Lipinski definition) is 1. The fourth-order valence-electron chi connectivity index (χ4n) is 1.83. The van der Waals surface area contributed by atoms with E-state index in [1.807, 2.05) is 0 Å². The molecule has 1 aromatic rings. The van der Waals surface area contributed by atoms with Gasteiger partial charge in [0, 0.05) is 25.4 Å². The van der Waals surface area contributed by atoms with Gasteiger partial charge in [0.2, 0.25) is 0 Å². The van der Waals surface area contributed by atoms with Crippen molar-refractivity contribution in [3.63, 3.8) is 0 Å². The molecular formula is C11H12F3N. The van der Waals surface area contributed by atoms with Gasteiger partial charge in [-0.15, -0.1) is 0 Å². The smallest absolute Gasteiger partial charge is 0.251 e. The summed E-state index contributed by atoms with van der Waals surface area (Å²) in [6.07, 6.45) is -0.330. The maximum absolute atomic E-state index is 13.1. The van der Waals surface area contributed by atoms with Gasteiger partial charge in [-0.2, -0.15) is 0 Å². The third kappa shape index (κ3) is 2.50. The van der Waals surface area contributed by atoms with Crippen LogP contribution in [-0.4, -0.2) is 12.5 Å². The van der Waals surface area contributed by atoms with E-state index in [4.69, 9.17) is 0 Å². The van der Waals surface area contributed by atoms with Gasteiger partial charge in [0.05, 0.1) is 0 Å². The fourth-order valence-corrected chi connectivity index (χ4v) is 1.83. The highest BCUT2D eigenvalue weighted by Crippen LogP contribution is 2.34. The van der Waals surface area contributed by atoms with E-state index in [-0.39, 0.29) is 24.7 Å². The lowest BCUT2D eigenvalue weighted by Gasteiger charge is -2.30. The van der Waals surface area contributed by atoms with Crippen molar-refractivity contribution in [3.05, 3.63) is 35.6 Å². The van der Waals surface area contributed by atoms with Gasteiger partial charge in [-0.3, -0.25) is 0 Å². The second kappa shape index (κ2) is 3.85. The molecule has 1 saturated heterocycles. The Morgan fingerprint density at radius 1 is 1.20 bits per heavy atom. The molecule has 0 amide bonds. The van der Waals surface area contributed by atoms with Crippen molar-refractivity contribution in [1.82, 2.24) is 5.32 Å². The molecule has 1 fully saturated rings. The third-order valence-electron chi connectivity index (χ3n) is 2.66. The molecule has 1 atom stereocenters. The molecule has 82 valence electrons. The topological polar surface area (TPSA) is 12.0 Å². The summed E-state index contributed by atoms with van der Waals surface area (Å²) in [4.78, 5) is 0. The van der Waals surface area contributed by atoms with Crippen molar-refractivity contribution in [1.29, 1.82) is 0 Å². The first-order chi connectivity index (χ1) is 7.07. The van der Waals surface area contributed by atoms with Crippen LogP contribution in [-0.2, 0) is 0 Å². The average Bonchev–Trinajstić information content (AvgIpc) is 2.17. The Morgan fingerprint density at radius 3 is 2.47 bits per heavy atom. The third-order valence-corrected chi connectivity index (χ3v) is 2.66. The molecule has 1 aliphatic heterocycles. The molecule has 0 aliphatic carbocycles. The highest BCUT2D eigenvalue weighted by molar-refractivity contribution is 5.20. The van der Waals surface area contributed by atoms with Gasteiger partial charge in [0.1, 0.15) is 5.82 Å². The average molecular weight is 215 g/mol. The Kier molecular flexibility index (Phi) is 2.69. The summed E-state index contributed by atoms with van der Waals surface area (Å²) in [6, 6.07) is 5.32. The Hall–Kier alpha value is -1.03. The standard InChI is InChI=1S/C11H12F3N/c12-9-3-1-8(2-4-9)10-7-11(13,14)5-6-15-10/h1-4,10,15H,5-7H2/t10-/m0/s1. The van der Waals surface area contributed by atoms with Gasteiger partial charge < -0.3 is 5.32 Å². The minimum absolute atomic E-state index is 0.120. The summed E-state index contributed by atoms with van der Waals surface area (Å²) in [5.74, 6) is -2.95. The lowest BCUT2D eigenvalue weighted by atomic mass is 9.95. The Bertz CT molecular complexity index is 334. The maximum atomic E-state index is 13.1. The highest BCUT2D eigenvalue weighted by atomic mass is 19.3. The fraction of sp³-hybridized carbons (Fsp3) is 0.455. The number of halogens is 3. The number of benzene rings is 1. The summed E-state index contributed by atoms with van der Waals surface area (Å²) in [7, 11) is 0. The molecule has 1 N–H and O–H groups in total. The van der Waals surface area contributed by atoms with Crippen LogP contribution in [0.15, 0.2) is 24.3 Å². The zero-order chi connectivity index (χ0) is 10.9. The monoisotopic (exact) mass is 215 g/mol. The quantitative estimate of drug-likeness (QED) is 0.759. The van der Waals surface area contributed by atoms with Crippen LogP contribution < -0.4 is 5.32 Å². The predicted molar refractivity (Wildman–Crippen MR) is 51.3 cm³/mol. The highest BCUT2D eigenvalue weighted by Gasteiger charge is 2.36. The SMILES string of the molecule is Fc1ccc([C@@H]2CC(F)(F)CCN2)cc1. The van der Waals surface area contributed by atoms with Crippen molar-refractivity contribution in [2.24, 2.45) is 0 Å². The zero-order valence-electron chi connectivity index (χ0n) is 8.14. The van der Waals surface area contributed by atoms with Crippen LogP contribution in [0, 0.1) is 5.82 Å². The summed E-state index contributed by atoms with van der Waals surface area (Å²) in [5, 5.41) is 3.01. The Morgan fingerprint density at radius 2 is 1.87 bits per heavy atom. The Balaban J connectivity index is 2.13.